The quantitative estimate of drug-likeness (QED) is 0.500. The zero-order chi connectivity index (χ0) is 15.8. The van der Waals surface area contributed by atoms with Crippen LogP contribution in [0.25, 0.3) is 10.8 Å². The molecule has 2 nitrogen and oxygen atoms in total. The summed E-state index contributed by atoms with van der Waals surface area (Å²) in [5.41, 5.74) is 0. The van der Waals surface area contributed by atoms with Gasteiger partial charge >= 0.3 is 8.56 Å². The summed E-state index contributed by atoms with van der Waals surface area (Å²) in [5.74, 6) is 0. The lowest BCUT2D eigenvalue weighted by molar-refractivity contribution is 0.182. The summed E-state index contributed by atoms with van der Waals surface area (Å²) in [6, 6.07) is 15.7. The van der Waals surface area contributed by atoms with Crippen LogP contribution in [0.15, 0.2) is 55.1 Å². The van der Waals surface area contributed by atoms with Crippen molar-refractivity contribution in [1.82, 2.24) is 0 Å². The predicted octanol–water partition coefficient (Wildman–Crippen LogP) is 4.53. The minimum absolute atomic E-state index is 0.729. The van der Waals surface area contributed by atoms with Crippen molar-refractivity contribution < 1.29 is 8.85 Å². The molecular weight excluding hydrogens is 288 g/mol. The van der Waals surface area contributed by atoms with Crippen LogP contribution >= 0.6 is 0 Å². The van der Waals surface area contributed by atoms with Gasteiger partial charge in [-0.3, -0.25) is 0 Å². The highest BCUT2D eigenvalue weighted by Crippen LogP contribution is 2.21. The van der Waals surface area contributed by atoms with Gasteiger partial charge in [-0.1, -0.05) is 62.4 Å². The van der Waals surface area contributed by atoms with Crippen LogP contribution in [0, 0.1) is 0 Å². The first-order valence-corrected chi connectivity index (χ1v) is 10.2. The number of fused-ring (bicyclic) bond motifs is 1. The van der Waals surface area contributed by atoms with E-state index < -0.39 is 8.56 Å². The monoisotopic (exact) mass is 314 g/mol. The molecule has 0 heterocycles. The molecule has 0 N–H and O–H groups in total. The zero-order valence-electron chi connectivity index (χ0n) is 13.7. The van der Waals surface area contributed by atoms with E-state index in [1.54, 1.807) is 0 Å². The fraction of sp³-hybridized carbons (Fsp3) is 0.368. The zero-order valence-corrected chi connectivity index (χ0v) is 14.7. The van der Waals surface area contributed by atoms with E-state index in [2.05, 4.69) is 62.9 Å². The maximum absolute atomic E-state index is 6.36. The second kappa shape index (κ2) is 8.27. The first-order valence-electron chi connectivity index (χ1n) is 8.14. The minimum Gasteiger partial charge on any atom is -0.391 e. The van der Waals surface area contributed by atoms with Gasteiger partial charge in [-0.15, -0.1) is 6.58 Å². The Kier molecular flexibility index (Phi) is 6.37. The molecule has 22 heavy (non-hydrogen) atoms. The van der Waals surface area contributed by atoms with Crippen molar-refractivity contribution in [3.8, 4) is 0 Å². The summed E-state index contributed by atoms with van der Waals surface area (Å²) < 4.78 is 12.7. The summed E-state index contributed by atoms with van der Waals surface area (Å²) in [7, 11) is -2.50. The molecule has 2 rings (SSSR count). The van der Waals surface area contributed by atoms with Crippen molar-refractivity contribution in [2.24, 2.45) is 0 Å². The third kappa shape index (κ3) is 3.66. The van der Waals surface area contributed by atoms with Crippen molar-refractivity contribution >= 4 is 24.5 Å². The first-order chi connectivity index (χ1) is 10.8. The third-order valence-electron chi connectivity index (χ3n) is 3.69. The highest BCUT2D eigenvalue weighted by Gasteiger charge is 2.40. The summed E-state index contributed by atoms with van der Waals surface area (Å²) in [6.07, 6.45) is 3.93. The van der Waals surface area contributed by atoms with Gasteiger partial charge in [0.05, 0.1) is 0 Å². The number of rotatable bonds is 9. The Balaban J connectivity index is 2.55. The van der Waals surface area contributed by atoms with Crippen LogP contribution in [0.4, 0.5) is 0 Å². The number of benzene rings is 2. The van der Waals surface area contributed by atoms with Crippen LogP contribution < -0.4 is 5.19 Å². The minimum atomic E-state index is -2.50. The Morgan fingerprint density at radius 3 is 2.23 bits per heavy atom. The molecule has 0 amide bonds. The van der Waals surface area contributed by atoms with Gasteiger partial charge < -0.3 is 8.85 Å². The van der Waals surface area contributed by atoms with Crippen molar-refractivity contribution in [3.05, 3.63) is 55.1 Å². The largest absolute Gasteiger partial charge is 0.391 e. The van der Waals surface area contributed by atoms with E-state index >= 15 is 0 Å². The molecule has 0 radical (unpaired) electrons. The molecule has 0 atom stereocenters. The average Bonchev–Trinajstić information content (AvgIpc) is 2.57. The van der Waals surface area contributed by atoms with Gasteiger partial charge in [-0.25, -0.2) is 0 Å². The third-order valence-corrected chi connectivity index (χ3v) is 7.12. The molecule has 3 heteroatoms. The Morgan fingerprint density at radius 2 is 1.59 bits per heavy atom. The van der Waals surface area contributed by atoms with Gasteiger partial charge in [0.1, 0.15) is 0 Å². The molecule has 0 spiro atoms. The van der Waals surface area contributed by atoms with Crippen molar-refractivity contribution in [1.29, 1.82) is 0 Å². The summed E-state index contributed by atoms with van der Waals surface area (Å²) >= 11 is 0. The lowest BCUT2D eigenvalue weighted by atomic mass is 10.1. The Bertz CT molecular complexity index is 596. The van der Waals surface area contributed by atoms with Gasteiger partial charge in [-0.05, 0) is 23.6 Å². The Labute approximate surface area is 135 Å². The molecular formula is C19H26O2Si. The number of allylic oxidation sites excluding steroid dienone is 1. The van der Waals surface area contributed by atoms with E-state index in [-0.39, 0.29) is 0 Å². The average molecular weight is 315 g/mol. The molecule has 0 aliphatic heterocycles. The van der Waals surface area contributed by atoms with E-state index in [1.165, 1.54) is 16.0 Å². The predicted molar refractivity (Wildman–Crippen MR) is 96.8 cm³/mol. The SMILES string of the molecule is C=CC[Si](OCCC)(OCCC)c1cccc2ccccc12. The Hall–Kier alpha value is -1.42. The van der Waals surface area contributed by atoms with Crippen LogP contribution in [-0.4, -0.2) is 21.8 Å². The lowest BCUT2D eigenvalue weighted by Crippen LogP contribution is -2.54. The maximum atomic E-state index is 6.36. The van der Waals surface area contributed by atoms with Crippen LogP contribution in [0.2, 0.25) is 6.04 Å². The molecule has 0 aliphatic carbocycles. The molecule has 0 saturated carbocycles. The van der Waals surface area contributed by atoms with Crippen molar-refractivity contribution in [2.75, 3.05) is 13.2 Å². The van der Waals surface area contributed by atoms with Gasteiger partial charge in [0.2, 0.25) is 0 Å². The van der Waals surface area contributed by atoms with Crippen LogP contribution in [0.1, 0.15) is 26.7 Å². The standard InChI is InChI=1S/C19H26O2Si/c1-4-14-20-22(16-6-3,21-15-5-2)19-13-9-11-17-10-7-8-12-18(17)19/h6-13H,3-5,14-16H2,1-2H3. The smallest absolute Gasteiger partial charge is 0.377 e. The summed E-state index contributed by atoms with van der Waals surface area (Å²) in [6.45, 7) is 9.67. The van der Waals surface area contributed by atoms with Crippen LogP contribution in [0.5, 0.6) is 0 Å². The van der Waals surface area contributed by atoms with Gasteiger partial charge in [0.15, 0.2) is 0 Å². The fourth-order valence-electron chi connectivity index (χ4n) is 2.71. The van der Waals surface area contributed by atoms with E-state index in [0.29, 0.717) is 0 Å². The highest BCUT2D eigenvalue weighted by molar-refractivity contribution is 6.83. The molecule has 2 aromatic rings. The second-order valence-corrected chi connectivity index (χ2v) is 8.50. The van der Waals surface area contributed by atoms with E-state index in [0.717, 1.165) is 32.1 Å². The fourth-order valence-corrected chi connectivity index (χ4v) is 5.99. The van der Waals surface area contributed by atoms with Crippen molar-refractivity contribution in [2.45, 2.75) is 32.7 Å². The van der Waals surface area contributed by atoms with E-state index in [9.17, 15) is 0 Å². The lowest BCUT2D eigenvalue weighted by Gasteiger charge is -2.31. The van der Waals surface area contributed by atoms with Crippen LogP contribution in [-0.2, 0) is 8.85 Å². The van der Waals surface area contributed by atoms with E-state index in [1.807, 2.05) is 6.08 Å². The molecule has 0 saturated heterocycles. The first kappa shape index (κ1) is 16.9. The van der Waals surface area contributed by atoms with Crippen molar-refractivity contribution in [3.63, 3.8) is 0 Å². The van der Waals surface area contributed by atoms with Gasteiger partial charge in [0, 0.05) is 24.4 Å². The normalized spacial score (nSPS) is 11.7. The highest BCUT2D eigenvalue weighted by atomic mass is 28.4. The van der Waals surface area contributed by atoms with Gasteiger partial charge in [-0.2, -0.15) is 0 Å². The molecule has 2 aromatic carbocycles. The van der Waals surface area contributed by atoms with Crippen LogP contribution in [0.3, 0.4) is 0 Å². The summed E-state index contributed by atoms with van der Waals surface area (Å²) in [4.78, 5) is 0. The molecule has 0 aromatic heterocycles. The molecule has 0 fully saturated rings. The Morgan fingerprint density at radius 1 is 0.955 bits per heavy atom. The molecule has 0 aliphatic rings. The molecule has 0 bridgehead atoms. The topological polar surface area (TPSA) is 18.5 Å². The number of hydrogen-bond donors (Lipinski definition) is 0. The van der Waals surface area contributed by atoms with E-state index in [4.69, 9.17) is 8.85 Å². The number of hydrogen-bond acceptors (Lipinski definition) is 2. The molecule has 0 unspecified atom stereocenters. The van der Waals surface area contributed by atoms with Gasteiger partial charge in [0.25, 0.3) is 0 Å². The molecule has 118 valence electrons. The maximum Gasteiger partial charge on any atom is 0.377 e. The second-order valence-electron chi connectivity index (χ2n) is 5.47. The summed E-state index contributed by atoms with van der Waals surface area (Å²) in [5, 5.41) is 3.71.